The van der Waals surface area contributed by atoms with Gasteiger partial charge < -0.3 is 10.8 Å². The van der Waals surface area contributed by atoms with E-state index in [1.807, 2.05) is 0 Å². The monoisotopic (exact) mass is 255 g/mol. The maximum atomic E-state index is 9.71. The van der Waals surface area contributed by atoms with Crippen molar-refractivity contribution in [2.24, 2.45) is 5.73 Å². The lowest BCUT2D eigenvalue weighted by molar-refractivity contribution is 0.0975. The number of fused-ring (bicyclic) bond motifs is 1. The highest BCUT2D eigenvalue weighted by Gasteiger charge is 2.35. The van der Waals surface area contributed by atoms with Gasteiger partial charge in [-0.25, -0.2) is 0 Å². The van der Waals surface area contributed by atoms with E-state index in [1.165, 1.54) is 16.3 Å². The fourth-order valence-electron chi connectivity index (χ4n) is 3.28. The van der Waals surface area contributed by atoms with Gasteiger partial charge in [-0.1, -0.05) is 42.5 Å². The number of benzene rings is 2. The first-order valence-electron chi connectivity index (χ1n) is 7.11. The summed E-state index contributed by atoms with van der Waals surface area (Å²) in [6.45, 7) is 0.665. The molecule has 0 amide bonds. The van der Waals surface area contributed by atoms with Crippen molar-refractivity contribution in [3.05, 3.63) is 48.0 Å². The van der Waals surface area contributed by atoms with Crippen molar-refractivity contribution in [1.29, 1.82) is 0 Å². The number of aliphatic hydroxyl groups excluding tert-OH is 1. The third kappa shape index (κ3) is 2.26. The normalized spacial score (nSPS) is 27.6. The molecule has 0 radical (unpaired) electrons. The summed E-state index contributed by atoms with van der Waals surface area (Å²) < 4.78 is 0. The van der Waals surface area contributed by atoms with Crippen LogP contribution < -0.4 is 5.73 Å². The van der Waals surface area contributed by atoms with Crippen LogP contribution in [-0.2, 0) is 5.41 Å². The van der Waals surface area contributed by atoms with Gasteiger partial charge in [-0.05, 0) is 42.0 Å². The molecule has 0 unspecified atom stereocenters. The molecule has 0 atom stereocenters. The van der Waals surface area contributed by atoms with Crippen molar-refractivity contribution in [3.8, 4) is 0 Å². The summed E-state index contributed by atoms with van der Waals surface area (Å²) >= 11 is 0. The molecule has 2 aromatic carbocycles. The zero-order chi connectivity index (χ0) is 13.3. The Kier molecular flexibility index (Phi) is 3.29. The molecule has 1 saturated carbocycles. The fraction of sp³-hybridized carbons (Fsp3) is 0.412. The molecule has 1 aliphatic rings. The van der Waals surface area contributed by atoms with Gasteiger partial charge in [0.15, 0.2) is 0 Å². The van der Waals surface area contributed by atoms with E-state index >= 15 is 0 Å². The van der Waals surface area contributed by atoms with Crippen molar-refractivity contribution in [2.75, 3.05) is 6.54 Å². The smallest absolute Gasteiger partial charge is 0.0541 e. The Morgan fingerprint density at radius 2 is 1.74 bits per heavy atom. The van der Waals surface area contributed by atoms with Crippen molar-refractivity contribution in [1.82, 2.24) is 0 Å². The maximum absolute atomic E-state index is 9.71. The first kappa shape index (κ1) is 12.6. The van der Waals surface area contributed by atoms with Crippen molar-refractivity contribution in [2.45, 2.75) is 37.2 Å². The maximum Gasteiger partial charge on any atom is 0.0541 e. The average Bonchev–Trinajstić information content (AvgIpc) is 2.48. The number of nitrogens with two attached hydrogens (primary N) is 1. The number of hydrogen-bond donors (Lipinski definition) is 2. The minimum Gasteiger partial charge on any atom is -0.393 e. The van der Waals surface area contributed by atoms with Crippen LogP contribution in [-0.4, -0.2) is 17.8 Å². The molecule has 3 N–H and O–H groups in total. The van der Waals surface area contributed by atoms with Gasteiger partial charge in [0.05, 0.1) is 6.10 Å². The van der Waals surface area contributed by atoms with Gasteiger partial charge in [0.1, 0.15) is 0 Å². The summed E-state index contributed by atoms with van der Waals surface area (Å²) in [6, 6.07) is 15.1. The third-order valence-electron chi connectivity index (χ3n) is 4.66. The van der Waals surface area contributed by atoms with Crippen molar-refractivity contribution >= 4 is 10.8 Å². The standard InChI is InChI=1S/C17H21NO/c18-12-17(9-7-16(19)8-10-17)15-6-5-13-3-1-2-4-14(13)11-15/h1-6,11,16,19H,7-10,12,18H2/t16-,17-. The minimum absolute atomic E-state index is 0.0588. The van der Waals surface area contributed by atoms with Gasteiger partial charge in [-0.3, -0.25) is 0 Å². The molecule has 0 aliphatic heterocycles. The summed E-state index contributed by atoms with van der Waals surface area (Å²) in [5, 5.41) is 12.3. The Morgan fingerprint density at radius 1 is 1.05 bits per heavy atom. The number of hydrogen-bond acceptors (Lipinski definition) is 2. The van der Waals surface area contributed by atoms with Gasteiger partial charge in [-0.2, -0.15) is 0 Å². The van der Waals surface area contributed by atoms with E-state index in [1.54, 1.807) is 0 Å². The Morgan fingerprint density at radius 3 is 2.42 bits per heavy atom. The summed E-state index contributed by atoms with van der Waals surface area (Å²) in [5.41, 5.74) is 7.47. The Balaban J connectivity index is 2.01. The summed E-state index contributed by atoms with van der Waals surface area (Å²) in [5.74, 6) is 0. The van der Waals surface area contributed by atoms with Gasteiger partial charge in [0, 0.05) is 12.0 Å². The van der Waals surface area contributed by atoms with Crippen LogP contribution in [0.2, 0.25) is 0 Å². The molecule has 0 bridgehead atoms. The summed E-state index contributed by atoms with van der Waals surface area (Å²) in [6.07, 6.45) is 3.57. The van der Waals surface area contributed by atoms with Gasteiger partial charge in [0.2, 0.25) is 0 Å². The average molecular weight is 255 g/mol. The van der Waals surface area contributed by atoms with Crippen LogP contribution in [0.4, 0.5) is 0 Å². The van der Waals surface area contributed by atoms with E-state index in [9.17, 15) is 5.11 Å². The molecule has 19 heavy (non-hydrogen) atoms. The molecule has 2 nitrogen and oxygen atoms in total. The molecule has 0 spiro atoms. The van der Waals surface area contributed by atoms with Crippen LogP contribution in [0, 0.1) is 0 Å². The van der Waals surface area contributed by atoms with Gasteiger partial charge >= 0.3 is 0 Å². The molecular weight excluding hydrogens is 234 g/mol. The van der Waals surface area contributed by atoms with E-state index < -0.39 is 0 Å². The molecule has 1 aliphatic carbocycles. The highest BCUT2D eigenvalue weighted by Crippen LogP contribution is 2.39. The topological polar surface area (TPSA) is 46.2 Å². The Labute approximate surface area is 114 Å². The lowest BCUT2D eigenvalue weighted by atomic mass is 9.68. The quantitative estimate of drug-likeness (QED) is 0.866. The minimum atomic E-state index is -0.139. The van der Waals surface area contributed by atoms with E-state index in [0.717, 1.165) is 25.7 Å². The molecule has 3 rings (SSSR count). The predicted molar refractivity (Wildman–Crippen MR) is 79.2 cm³/mol. The van der Waals surface area contributed by atoms with E-state index in [4.69, 9.17) is 5.73 Å². The van der Waals surface area contributed by atoms with Crippen molar-refractivity contribution in [3.63, 3.8) is 0 Å². The molecule has 0 saturated heterocycles. The fourth-order valence-corrected chi connectivity index (χ4v) is 3.28. The lowest BCUT2D eigenvalue weighted by Gasteiger charge is -2.38. The molecule has 0 heterocycles. The van der Waals surface area contributed by atoms with Crippen LogP contribution >= 0.6 is 0 Å². The second-order valence-electron chi connectivity index (χ2n) is 5.78. The number of rotatable bonds is 2. The summed E-state index contributed by atoms with van der Waals surface area (Å²) in [7, 11) is 0. The second-order valence-corrected chi connectivity index (χ2v) is 5.78. The molecule has 0 aromatic heterocycles. The van der Waals surface area contributed by atoms with Crippen molar-refractivity contribution < 1.29 is 5.11 Å². The van der Waals surface area contributed by atoms with E-state index in [0.29, 0.717) is 6.54 Å². The van der Waals surface area contributed by atoms with Crippen LogP contribution in [0.1, 0.15) is 31.2 Å². The Bertz CT molecular complexity index is 570. The zero-order valence-corrected chi connectivity index (χ0v) is 11.2. The number of aliphatic hydroxyl groups is 1. The molecule has 2 heteroatoms. The van der Waals surface area contributed by atoms with Gasteiger partial charge in [0.25, 0.3) is 0 Å². The molecule has 100 valence electrons. The van der Waals surface area contributed by atoms with E-state index in [-0.39, 0.29) is 11.5 Å². The lowest BCUT2D eigenvalue weighted by Crippen LogP contribution is -2.40. The predicted octanol–water partition coefficient (Wildman–Crippen LogP) is 2.97. The van der Waals surface area contributed by atoms with Crippen LogP contribution in [0.15, 0.2) is 42.5 Å². The second kappa shape index (κ2) is 4.95. The van der Waals surface area contributed by atoms with E-state index in [2.05, 4.69) is 42.5 Å². The summed E-state index contributed by atoms with van der Waals surface area (Å²) in [4.78, 5) is 0. The highest BCUT2D eigenvalue weighted by molar-refractivity contribution is 5.83. The SMILES string of the molecule is NC[C@]1(c2ccc3ccccc3c2)CC[C@H](O)CC1. The van der Waals surface area contributed by atoms with Gasteiger partial charge in [-0.15, -0.1) is 0 Å². The molecule has 1 fully saturated rings. The first-order valence-corrected chi connectivity index (χ1v) is 7.11. The Hall–Kier alpha value is -1.38. The molecular formula is C17H21NO. The largest absolute Gasteiger partial charge is 0.393 e. The van der Waals surface area contributed by atoms with Crippen LogP contribution in [0.5, 0.6) is 0 Å². The van der Waals surface area contributed by atoms with Crippen LogP contribution in [0.3, 0.4) is 0 Å². The molecule has 2 aromatic rings. The third-order valence-corrected chi connectivity index (χ3v) is 4.66. The van der Waals surface area contributed by atoms with Crippen LogP contribution in [0.25, 0.3) is 10.8 Å². The zero-order valence-electron chi connectivity index (χ0n) is 11.2. The first-order chi connectivity index (χ1) is 9.23. The highest BCUT2D eigenvalue weighted by atomic mass is 16.3.